The molecular weight excluding hydrogens is 338 g/mol. The first-order chi connectivity index (χ1) is 9.97. The van der Waals surface area contributed by atoms with Crippen molar-refractivity contribution in [2.75, 3.05) is 7.11 Å². The molecule has 1 aromatic carbocycles. The summed E-state index contributed by atoms with van der Waals surface area (Å²) in [6.07, 6.45) is 2.53. The molecule has 0 heterocycles. The van der Waals surface area contributed by atoms with E-state index in [-0.39, 0.29) is 12.3 Å². The zero-order chi connectivity index (χ0) is 15.8. The van der Waals surface area contributed by atoms with Gasteiger partial charge in [0.25, 0.3) is 0 Å². The summed E-state index contributed by atoms with van der Waals surface area (Å²) in [6.45, 7) is 3.54. The number of hydrogen-bond acceptors (Lipinski definition) is 3. The number of carbonyl (C=O) groups excluding carboxylic acids is 1. The third kappa shape index (κ3) is 5.59. The largest absolute Gasteiger partial charge is 0.496 e. The molecule has 1 aromatic rings. The molecule has 0 aromatic heterocycles. The van der Waals surface area contributed by atoms with Crippen LogP contribution in [0.2, 0.25) is 0 Å². The van der Waals surface area contributed by atoms with Crippen LogP contribution in [-0.2, 0) is 16.0 Å². The van der Waals surface area contributed by atoms with Crippen LogP contribution >= 0.6 is 15.9 Å². The van der Waals surface area contributed by atoms with Gasteiger partial charge in [0.15, 0.2) is 0 Å². The maximum atomic E-state index is 12.0. The summed E-state index contributed by atoms with van der Waals surface area (Å²) in [4.78, 5) is 23.1. The molecule has 1 rings (SSSR count). The first-order valence-electron chi connectivity index (χ1n) is 6.43. The van der Waals surface area contributed by atoms with Crippen LogP contribution in [0.5, 0.6) is 5.75 Å². The molecule has 0 saturated carbocycles. The Bertz CT molecular complexity index is 530. The molecular formula is C15H18BrNO4. The second kappa shape index (κ2) is 8.46. The molecule has 114 valence electrons. The van der Waals surface area contributed by atoms with Crippen LogP contribution in [0.25, 0.3) is 0 Å². The van der Waals surface area contributed by atoms with E-state index in [4.69, 9.17) is 9.84 Å². The molecule has 0 saturated heterocycles. The van der Waals surface area contributed by atoms with Crippen LogP contribution in [-0.4, -0.2) is 30.1 Å². The quantitative estimate of drug-likeness (QED) is 0.702. The van der Waals surface area contributed by atoms with Crippen LogP contribution < -0.4 is 10.1 Å². The first kappa shape index (κ1) is 17.2. The van der Waals surface area contributed by atoms with Crippen molar-refractivity contribution in [1.29, 1.82) is 0 Å². The number of carboxylic acids is 1. The number of benzene rings is 1. The van der Waals surface area contributed by atoms with E-state index in [0.29, 0.717) is 24.2 Å². The van der Waals surface area contributed by atoms with Crippen LogP contribution in [0.15, 0.2) is 35.3 Å². The summed E-state index contributed by atoms with van der Waals surface area (Å²) in [5.41, 5.74) is 0.692. The first-order valence-corrected chi connectivity index (χ1v) is 7.22. The third-order valence-corrected chi connectivity index (χ3v) is 3.38. The number of methoxy groups -OCH3 is 1. The van der Waals surface area contributed by atoms with E-state index in [1.54, 1.807) is 18.2 Å². The molecule has 2 N–H and O–H groups in total. The predicted molar refractivity (Wildman–Crippen MR) is 83.4 cm³/mol. The highest BCUT2D eigenvalue weighted by Crippen LogP contribution is 2.23. The molecule has 0 radical (unpaired) electrons. The molecule has 0 aliphatic rings. The maximum Gasteiger partial charge on any atom is 0.326 e. The van der Waals surface area contributed by atoms with E-state index in [1.807, 2.05) is 6.07 Å². The van der Waals surface area contributed by atoms with Gasteiger partial charge in [-0.25, -0.2) is 4.79 Å². The van der Waals surface area contributed by atoms with E-state index in [2.05, 4.69) is 27.8 Å². The topological polar surface area (TPSA) is 75.6 Å². The number of amides is 1. The molecule has 21 heavy (non-hydrogen) atoms. The third-order valence-electron chi connectivity index (χ3n) is 2.89. The number of nitrogens with one attached hydrogen (secondary N) is 1. The summed E-state index contributed by atoms with van der Waals surface area (Å²) in [6, 6.07) is 4.43. The summed E-state index contributed by atoms with van der Waals surface area (Å²) in [5, 5.41) is 11.6. The van der Waals surface area contributed by atoms with Crippen LogP contribution in [0.4, 0.5) is 0 Å². The fourth-order valence-electron chi connectivity index (χ4n) is 1.85. The standard InChI is InChI=1S/C15H18BrNO4/c1-3-4-5-12(15(19)20)17-14(18)9-10-8-11(16)6-7-13(10)21-2/h3,6-8,12H,1,4-5,9H2,2H3,(H,17,18)(H,19,20). The second-order valence-corrected chi connectivity index (χ2v) is 5.37. The molecule has 0 aliphatic carbocycles. The Morgan fingerprint density at radius 2 is 2.24 bits per heavy atom. The van der Waals surface area contributed by atoms with E-state index in [1.165, 1.54) is 7.11 Å². The number of halogens is 1. The van der Waals surface area contributed by atoms with Gasteiger partial charge in [-0.3, -0.25) is 4.79 Å². The van der Waals surface area contributed by atoms with Gasteiger partial charge in [0.1, 0.15) is 11.8 Å². The number of allylic oxidation sites excluding steroid dienone is 1. The predicted octanol–water partition coefficient (Wildman–Crippen LogP) is 2.54. The van der Waals surface area contributed by atoms with Gasteiger partial charge in [-0.15, -0.1) is 6.58 Å². The van der Waals surface area contributed by atoms with Gasteiger partial charge >= 0.3 is 5.97 Å². The number of ether oxygens (including phenoxy) is 1. The molecule has 1 unspecified atom stereocenters. The van der Waals surface area contributed by atoms with E-state index < -0.39 is 12.0 Å². The molecule has 0 fully saturated rings. The van der Waals surface area contributed by atoms with E-state index in [0.717, 1.165) is 4.47 Å². The fourth-order valence-corrected chi connectivity index (χ4v) is 2.25. The smallest absolute Gasteiger partial charge is 0.326 e. The summed E-state index contributed by atoms with van der Waals surface area (Å²) >= 11 is 3.33. The van der Waals surface area contributed by atoms with Gasteiger partial charge in [-0.1, -0.05) is 22.0 Å². The van der Waals surface area contributed by atoms with Crippen molar-refractivity contribution >= 4 is 27.8 Å². The lowest BCUT2D eigenvalue weighted by Crippen LogP contribution is -2.41. The molecule has 0 aliphatic heterocycles. The average molecular weight is 356 g/mol. The SMILES string of the molecule is C=CCCC(NC(=O)Cc1cc(Br)ccc1OC)C(=O)O. The van der Waals surface area contributed by atoms with Crippen molar-refractivity contribution in [2.24, 2.45) is 0 Å². The molecule has 1 atom stereocenters. The number of carbonyl (C=O) groups is 2. The normalized spacial score (nSPS) is 11.5. The van der Waals surface area contributed by atoms with Crippen molar-refractivity contribution in [3.63, 3.8) is 0 Å². The Hall–Kier alpha value is -1.82. The van der Waals surface area contributed by atoms with E-state index >= 15 is 0 Å². The molecule has 1 amide bonds. The van der Waals surface area contributed by atoms with Crippen LogP contribution in [0.3, 0.4) is 0 Å². The number of hydrogen-bond donors (Lipinski definition) is 2. The van der Waals surface area contributed by atoms with Crippen LogP contribution in [0.1, 0.15) is 18.4 Å². The molecule has 0 spiro atoms. The number of carboxylic acid groups (broad SMARTS) is 1. The highest BCUT2D eigenvalue weighted by atomic mass is 79.9. The van der Waals surface area contributed by atoms with Crippen molar-refractivity contribution in [3.8, 4) is 5.75 Å². The zero-order valence-corrected chi connectivity index (χ0v) is 13.4. The Kier molecular flexibility index (Phi) is 6.94. The zero-order valence-electron chi connectivity index (χ0n) is 11.8. The Morgan fingerprint density at radius 1 is 1.52 bits per heavy atom. The van der Waals surface area contributed by atoms with Crippen molar-refractivity contribution in [2.45, 2.75) is 25.3 Å². The van der Waals surface area contributed by atoms with Crippen molar-refractivity contribution < 1.29 is 19.4 Å². The van der Waals surface area contributed by atoms with Crippen molar-refractivity contribution in [3.05, 3.63) is 40.9 Å². The lowest BCUT2D eigenvalue weighted by Gasteiger charge is -2.14. The minimum Gasteiger partial charge on any atom is -0.496 e. The highest BCUT2D eigenvalue weighted by molar-refractivity contribution is 9.10. The number of rotatable bonds is 8. The minimum absolute atomic E-state index is 0.0560. The summed E-state index contributed by atoms with van der Waals surface area (Å²) < 4.78 is 6.01. The Morgan fingerprint density at radius 3 is 2.81 bits per heavy atom. The van der Waals surface area contributed by atoms with Gasteiger partial charge in [-0.05, 0) is 31.0 Å². The van der Waals surface area contributed by atoms with Gasteiger partial charge in [0.2, 0.25) is 5.91 Å². The van der Waals surface area contributed by atoms with Gasteiger partial charge in [0.05, 0.1) is 13.5 Å². The second-order valence-electron chi connectivity index (χ2n) is 4.46. The Labute approximate surface area is 132 Å². The van der Waals surface area contributed by atoms with Gasteiger partial charge in [0, 0.05) is 10.0 Å². The minimum atomic E-state index is -1.05. The fraction of sp³-hybridized carbons (Fsp3) is 0.333. The monoisotopic (exact) mass is 355 g/mol. The highest BCUT2D eigenvalue weighted by Gasteiger charge is 2.19. The van der Waals surface area contributed by atoms with Gasteiger partial charge in [-0.2, -0.15) is 0 Å². The maximum absolute atomic E-state index is 12.0. The van der Waals surface area contributed by atoms with Crippen molar-refractivity contribution in [1.82, 2.24) is 5.32 Å². The van der Waals surface area contributed by atoms with Crippen LogP contribution in [0, 0.1) is 0 Å². The lowest BCUT2D eigenvalue weighted by atomic mass is 10.1. The average Bonchev–Trinajstić information content (AvgIpc) is 2.43. The molecule has 6 heteroatoms. The van der Waals surface area contributed by atoms with Gasteiger partial charge < -0.3 is 15.2 Å². The summed E-state index contributed by atoms with van der Waals surface area (Å²) in [5.74, 6) is -0.819. The number of aliphatic carboxylic acids is 1. The Balaban J connectivity index is 2.73. The molecule has 0 bridgehead atoms. The van der Waals surface area contributed by atoms with E-state index in [9.17, 15) is 9.59 Å². The molecule has 5 nitrogen and oxygen atoms in total. The lowest BCUT2D eigenvalue weighted by molar-refractivity contribution is -0.141. The summed E-state index contributed by atoms with van der Waals surface area (Å²) in [7, 11) is 1.52.